The van der Waals surface area contributed by atoms with E-state index < -0.39 is 35.6 Å². The van der Waals surface area contributed by atoms with Gasteiger partial charge in [0.2, 0.25) is 0 Å². The number of ether oxygens (including phenoxy) is 1. The van der Waals surface area contributed by atoms with E-state index in [0.717, 1.165) is 26.8 Å². The SMILES string of the molecule is C#CN(C(=O)C(NC(=O)OC(C)(C)C)C(C)CC)C(C(=O)Nc1ccc2ccccc2c1)c1cccc(C)c1C. The van der Waals surface area contributed by atoms with Crippen LogP contribution in [0.2, 0.25) is 0 Å². The van der Waals surface area contributed by atoms with Gasteiger partial charge < -0.3 is 15.4 Å². The molecule has 3 aromatic rings. The van der Waals surface area contributed by atoms with E-state index in [1.807, 2.05) is 82.3 Å². The van der Waals surface area contributed by atoms with Crippen molar-refractivity contribution >= 4 is 34.4 Å². The molecule has 0 spiro atoms. The molecule has 2 N–H and O–H groups in total. The fraction of sp³-hybridized carbons (Fsp3) is 0.364. The predicted octanol–water partition coefficient (Wildman–Crippen LogP) is 6.50. The number of benzene rings is 3. The van der Waals surface area contributed by atoms with Crippen LogP contribution in [0.1, 0.15) is 63.8 Å². The maximum absolute atomic E-state index is 14.1. The number of carbonyl (C=O) groups is 3. The number of rotatable bonds is 8. The second kappa shape index (κ2) is 12.7. The number of nitrogens with zero attached hydrogens (tertiary/aromatic N) is 1. The summed E-state index contributed by atoms with van der Waals surface area (Å²) in [6.07, 6.45) is 5.80. The fourth-order valence-corrected chi connectivity index (χ4v) is 4.48. The minimum Gasteiger partial charge on any atom is -0.444 e. The third-order valence-corrected chi connectivity index (χ3v) is 6.99. The molecule has 0 aliphatic rings. The molecule has 3 amide bonds. The normalized spacial score (nSPS) is 13.4. The van der Waals surface area contributed by atoms with Gasteiger partial charge in [-0.2, -0.15) is 0 Å². The Balaban J connectivity index is 2.04. The number of fused-ring (bicyclic) bond motifs is 1. The quantitative estimate of drug-likeness (QED) is 0.252. The lowest BCUT2D eigenvalue weighted by Gasteiger charge is -2.33. The first-order chi connectivity index (χ1) is 18.9. The van der Waals surface area contributed by atoms with Crippen molar-refractivity contribution < 1.29 is 19.1 Å². The van der Waals surface area contributed by atoms with Crippen molar-refractivity contribution in [2.45, 2.75) is 72.6 Å². The molecule has 3 atom stereocenters. The molecule has 210 valence electrons. The number of alkyl carbamates (subject to hydrolysis) is 1. The lowest BCUT2D eigenvalue weighted by Crippen LogP contribution is -2.53. The smallest absolute Gasteiger partial charge is 0.408 e. The van der Waals surface area contributed by atoms with Crippen LogP contribution in [-0.2, 0) is 14.3 Å². The van der Waals surface area contributed by atoms with Crippen LogP contribution in [0.3, 0.4) is 0 Å². The number of terminal acetylenes is 1. The molecule has 0 saturated heterocycles. The average molecular weight is 542 g/mol. The third kappa shape index (κ3) is 7.20. The van der Waals surface area contributed by atoms with Gasteiger partial charge in [-0.15, -0.1) is 0 Å². The van der Waals surface area contributed by atoms with Gasteiger partial charge in [-0.1, -0.05) is 75.2 Å². The summed E-state index contributed by atoms with van der Waals surface area (Å²) in [4.78, 5) is 41.8. The first kappa shape index (κ1) is 30.2. The molecule has 0 bridgehead atoms. The number of nitrogens with one attached hydrogen (secondary N) is 2. The molecule has 3 aromatic carbocycles. The largest absolute Gasteiger partial charge is 0.444 e. The van der Waals surface area contributed by atoms with Gasteiger partial charge in [0, 0.05) is 11.7 Å². The molecule has 0 radical (unpaired) electrons. The Labute approximate surface area is 237 Å². The van der Waals surface area contributed by atoms with E-state index in [1.165, 1.54) is 0 Å². The van der Waals surface area contributed by atoms with Gasteiger partial charge in [0.05, 0.1) is 0 Å². The van der Waals surface area contributed by atoms with Crippen molar-refractivity contribution in [1.29, 1.82) is 0 Å². The molecule has 3 unspecified atom stereocenters. The van der Waals surface area contributed by atoms with Crippen LogP contribution in [0.15, 0.2) is 60.7 Å². The van der Waals surface area contributed by atoms with Gasteiger partial charge in [0.25, 0.3) is 11.8 Å². The lowest BCUT2D eigenvalue weighted by molar-refractivity contribution is -0.137. The zero-order valence-electron chi connectivity index (χ0n) is 24.4. The van der Waals surface area contributed by atoms with E-state index >= 15 is 0 Å². The summed E-state index contributed by atoms with van der Waals surface area (Å²) in [6.45, 7) is 12.8. The van der Waals surface area contributed by atoms with Crippen LogP contribution in [0, 0.1) is 32.2 Å². The highest BCUT2D eigenvalue weighted by Crippen LogP contribution is 2.29. The van der Waals surface area contributed by atoms with Crippen LogP contribution in [-0.4, -0.2) is 34.5 Å². The minimum atomic E-state index is -1.14. The van der Waals surface area contributed by atoms with Crippen LogP contribution in [0.25, 0.3) is 10.8 Å². The Hall–Kier alpha value is -4.31. The minimum absolute atomic E-state index is 0.279. The van der Waals surface area contributed by atoms with Crippen molar-refractivity contribution in [3.63, 3.8) is 0 Å². The molecule has 0 aromatic heterocycles. The molecule has 0 fully saturated rings. The number of aryl methyl sites for hydroxylation is 1. The zero-order chi connectivity index (χ0) is 29.6. The number of hydrogen-bond donors (Lipinski definition) is 2. The number of carbonyl (C=O) groups excluding carboxylic acids is 3. The molecule has 7 heteroatoms. The number of anilines is 1. The zero-order valence-corrected chi connectivity index (χ0v) is 24.4. The van der Waals surface area contributed by atoms with Crippen molar-refractivity contribution in [3.8, 4) is 12.5 Å². The standard InChI is InChI=1S/C33H39N3O4/c1-9-21(3)28(35-32(39)40-33(6,7)8)31(38)36(10-2)29(27-17-13-14-22(4)23(27)5)30(37)34-26-19-18-24-15-11-12-16-25(24)20-26/h2,11-21,28-29H,9H2,1,3-8H3,(H,34,37)(H,35,39). The third-order valence-electron chi connectivity index (χ3n) is 6.99. The molecular weight excluding hydrogens is 502 g/mol. The van der Waals surface area contributed by atoms with Crippen LogP contribution < -0.4 is 10.6 Å². The second-order valence-electron chi connectivity index (χ2n) is 11.1. The summed E-state index contributed by atoms with van der Waals surface area (Å²) in [7, 11) is 0. The fourth-order valence-electron chi connectivity index (χ4n) is 4.48. The summed E-state index contributed by atoms with van der Waals surface area (Å²) in [5.41, 5.74) is 2.23. The number of hydrogen-bond acceptors (Lipinski definition) is 4. The summed E-state index contributed by atoms with van der Waals surface area (Å²) in [5.74, 6) is -1.31. The molecule has 0 saturated carbocycles. The van der Waals surface area contributed by atoms with Crippen molar-refractivity contribution in [3.05, 3.63) is 77.4 Å². The average Bonchev–Trinajstić information content (AvgIpc) is 2.90. The highest BCUT2D eigenvalue weighted by molar-refractivity contribution is 6.01. The van der Waals surface area contributed by atoms with E-state index in [-0.39, 0.29) is 5.92 Å². The maximum Gasteiger partial charge on any atom is 0.408 e. The van der Waals surface area contributed by atoms with Crippen LogP contribution in [0.4, 0.5) is 10.5 Å². The van der Waals surface area contributed by atoms with Gasteiger partial charge >= 0.3 is 6.09 Å². The maximum atomic E-state index is 14.1. The molecule has 3 rings (SSSR count). The van der Waals surface area contributed by atoms with Crippen molar-refractivity contribution in [2.24, 2.45) is 5.92 Å². The van der Waals surface area contributed by atoms with Gasteiger partial charge in [-0.05, 0) is 80.1 Å². The first-order valence-electron chi connectivity index (χ1n) is 13.5. The van der Waals surface area contributed by atoms with Crippen LogP contribution in [0.5, 0.6) is 0 Å². The van der Waals surface area contributed by atoms with Gasteiger partial charge in [0.15, 0.2) is 0 Å². The summed E-state index contributed by atoms with van der Waals surface area (Å²) in [5, 5.41) is 7.67. The van der Waals surface area contributed by atoms with Gasteiger partial charge in [0.1, 0.15) is 17.7 Å². The van der Waals surface area contributed by atoms with Gasteiger partial charge in [-0.25, -0.2) is 4.79 Å². The highest BCUT2D eigenvalue weighted by atomic mass is 16.6. The van der Waals surface area contributed by atoms with E-state index in [9.17, 15) is 14.4 Å². The first-order valence-corrected chi connectivity index (χ1v) is 13.5. The molecule has 0 aliphatic heterocycles. The molecule has 0 heterocycles. The molecular formula is C33H39N3O4. The molecule has 7 nitrogen and oxygen atoms in total. The Bertz CT molecular complexity index is 1430. The van der Waals surface area contributed by atoms with E-state index in [0.29, 0.717) is 17.7 Å². The summed E-state index contributed by atoms with van der Waals surface area (Å²) in [6, 6.07) is 19.3. The Morgan fingerprint density at radius 1 is 1.00 bits per heavy atom. The Kier molecular flexibility index (Phi) is 9.60. The summed E-state index contributed by atoms with van der Waals surface area (Å²) < 4.78 is 5.42. The highest BCUT2D eigenvalue weighted by Gasteiger charge is 2.38. The topological polar surface area (TPSA) is 87.7 Å². The molecule has 0 aliphatic carbocycles. The van der Waals surface area contributed by atoms with Crippen molar-refractivity contribution in [1.82, 2.24) is 10.2 Å². The van der Waals surface area contributed by atoms with E-state index in [2.05, 4.69) is 16.7 Å². The van der Waals surface area contributed by atoms with E-state index in [1.54, 1.807) is 26.8 Å². The van der Waals surface area contributed by atoms with Crippen LogP contribution >= 0.6 is 0 Å². The molecule has 40 heavy (non-hydrogen) atoms. The lowest BCUT2D eigenvalue weighted by atomic mass is 9.93. The summed E-state index contributed by atoms with van der Waals surface area (Å²) >= 11 is 0. The van der Waals surface area contributed by atoms with Crippen molar-refractivity contribution in [2.75, 3.05) is 5.32 Å². The van der Waals surface area contributed by atoms with E-state index in [4.69, 9.17) is 11.2 Å². The second-order valence-corrected chi connectivity index (χ2v) is 11.1. The Morgan fingerprint density at radius 2 is 1.68 bits per heavy atom. The predicted molar refractivity (Wildman–Crippen MR) is 160 cm³/mol. The Morgan fingerprint density at radius 3 is 2.30 bits per heavy atom. The van der Waals surface area contributed by atoms with Gasteiger partial charge in [-0.3, -0.25) is 14.5 Å². The monoisotopic (exact) mass is 541 g/mol. The number of amides is 3.